The number of hydrogen-bond acceptors (Lipinski definition) is 2. The van der Waals surface area contributed by atoms with Gasteiger partial charge in [-0.2, -0.15) is 0 Å². The smallest absolute Gasteiger partial charge is 0.144 e. The minimum Gasteiger partial charge on any atom is -0.384 e. The SMILES string of the molecule is C#COC#CC#CCO. The van der Waals surface area contributed by atoms with E-state index in [1.807, 2.05) is 6.11 Å². The molecule has 0 saturated heterocycles. The summed E-state index contributed by atoms with van der Waals surface area (Å²) in [4.78, 5) is 0. The van der Waals surface area contributed by atoms with Gasteiger partial charge < -0.3 is 9.84 Å². The van der Waals surface area contributed by atoms with Crippen molar-refractivity contribution in [3.8, 4) is 36.4 Å². The molecule has 2 nitrogen and oxygen atoms in total. The van der Waals surface area contributed by atoms with E-state index in [1.165, 1.54) is 0 Å². The van der Waals surface area contributed by atoms with Crippen LogP contribution in [0.4, 0.5) is 0 Å². The zero-order chi connectivity index (χ0) is 6.95. The highest BCUT2D eigenvalue weighted by Crippen LogP contribution is 1.58. The first-order chi connectivity index (χ1) is 4.41. The minimum atomic E-state index is -0.204. The lowest BCUT2D eigenvalue weighted by Crippen LogP contribution is -1.69. The number of terminal acetylenes is 1. The van der Waals surface area contributed by atoms with E-state index in [1.54, 1.807) is 0 Å². The fourth-order valence-corrected chi connectivity index (χ4v) is 0.164. The number of aliphatic hydroxyl groups is 1. The molecule has 1 N–H and O–H groups in total. The zero-order valence-electron chi connectivity index (χ0n) is 4.64. The number of hydrogen-bond donors (Lipinski definition) is 1. The Bertz CT molecular complexity index is 213. The molecule has 0 rings (SSSR count). The molecule has 2 heteroatoms. The van der Waals surface area contributed by atoms with Crippen LogP contribution in [-0.4, -0.2) is 11.7 Å². The summed E-state index contributed by atoms with van der Waals surface area (Å²) < 4.78 is 4.16. The van der Waals surface area contributed by atoms with Crippen molar-refractivity contribution in [1.29, 1.82) is 0 Å². The average molecular weight is 120 g/mol. The Labute approximate surface area is 53.8 Å². The molecule has 0 saturated carbocycles. The Morgan fingerprint density at radius 3 is 2.78 bits per heavy atom. The third kappa shape index (κ3) is 6.44. The second kappa shape index (κ2) is 6.44. The molecule has 0 aliphatic rings. The maximum absolute atomic E-state index is 8.10. The molecule has 0 amide bonds. The van der Waals surface area contributed by atoms with E-state index >= 15 is 0 Å². The van der Waals surface area contributed by atoms with Gasteiger partial charge in [0.25, 0.3) is 0 Å². The van der Waals surface area contributed by atoms with Gasteiger partial charge in [0.05, 0.1) is 0 Å². The molecule has 0 atom stereocenters. The highest BCUT2D eigenvalue weighted by atomic mass is 16.5. The van der Waals surface area contributed by atoms with Crippen LogP contribution in [0.15, 0.2) is 0 Å². The van der Waals surface area contributed by atoms with Crippen molar-refractivity contribution in [1.82, 2.24) is 0 Å². The largest absolute Gasteiger partial charge is 0.384 e. The van der Waals surface area contributed by atoms with Crippen LogP contribution in [0, 0.1) is 36.4 Å². The normalized spacial score (nSPS) is 4.89. The van der Waals surface area contributed by atoms with Crippen LogP contribution >= 0.6 is 0 Å². The Kier molecular flexibility index (Phi) is 5.32. The molecule has 0 aliphatic heterocycles. The lowest BCUT2D eigenvalue weighted by atomic mass is 10.6. The third-order valence-electron chi connectivity index (χ3n) is 0.391. The lowest BCUT2D eigenvalue weighted by molar-refractivity contribution is 0.350. The summed E-state index contributed by atoms with van der Waals surface area (Å²) in [5.41, 5.74) is 0. The van der Waals surface area contributed by atoms with Gasteiger partial charge in [-0.1, -0.05) is 12.3 Å². The van der Waals surface area contributed by atoms with E-state index in [0.717, 1.165) is 0 Å². The quantitative estimate of drug-likeness (QED) is 0.439. The van der Waals surface area contributed by atoms with Crippen molar-refractivity contribution in [2.45, 2.75) is 0 Å². The molecule has 0 radical (unpaired) electrons. The Morgan fingerprint density at radius 1 is 1.44 bits per heavy atom. The highest BCUT2D eigenvalue weighted by Gasteiger charge is 1.59. The second-order valence-corrected chi connectivity index (χ2v) is 0.907. The van der Waals surface area contributed by atoms with E-state index in [4.69, 9.17) is 5.11 Å². The first kappa shape index (κ1) is 7.44. The van der Waals surface area contributed by atoms with Crippen LogP contribution < -0.4 is 0 Å². The molecule has 0 aromatic rings. The van der Waals surface area contributed by atoms with Crippen molar-refractivity contribution in [3.05, 3.63) is 0 Å². The van der Waals surface area contributed by atoms with E-state index in [0.29, 0.717) is 0 Å². The molecule has 44 valence electrons. The topological polar surface area (TPSA) is 29.5 Å². The summed E-state index contributed by atoms with van der Waals surface area (Å²) in [6.45, 7) is -0.204. The summed E-state index contributed by atoms with van der Waals surface area (Å²) in [6, 6.07) is 0. The fourth-order valence-electron chi connectivity index (χ4n) is 0.164. The number of rotatable bonds is 0. The van der Waals surface area contributed by atoms with Crippen molar-refractivity contribution >= 4 is 0 Å². The maximum atomic E-state index is 8.10. The van der Waals surface area contributed by atoms with Gasteiger partial charge in [0.1, 0.15) is 18.8 Å². The Morgan fingerprint density at radius 2 is 2.22 bits per heavy atom. The maximum Gasteiger partial charge on any atom is 0.144 e. The molecule has 9 heavy (non-hydrogen) atoms. The van der Waals surface area contributed by atoms with Gasteiger partial charge >= 0.3 is 0 Å². The zero-order valence-corrected chi connectivity index (χ0v) is 4.64. The summed E-state index contributed by atoms with van der Waals surface area (Å²) >= 11 is 0. The van der Waals surface area contributed by atoms with Crippen molar-refractivity contribution < 1.29 is 9.84 Å². The van der Waals surface area contributed by atoms with Crippen molar-refractivity contribution in [2.75, 3.05) is 6.61 Å². The molecule has 0 spiro atoms. The van der Waals surface area contributed by atoms with E-state index < -0.39 is 0 Å². The monoisotopic (exact) mass is 120 g/mol. The van der Waals surface area contributed by atoms with E-state index in [2.05, 4.69) is 35.0 Å². The summed E-state index contributed by atoms with van der Waals surface area (Å²) in [7, 11) is 0. The molecular formula is C7H4O2. The second-order valence-electron chi connectivity index (χ2n) is 0.907. The number of ether oxygens (including phenoxy) is 1. The molecule has 0 aromatic carbocycles. The van der Waals surface area contributed by atoms with Crippen LogP contribution in [0.25, 0.3) is 0 Å². The van der Waals surface area contributed by atoms with Gasteiger partial charge in [0, 0.05) is 5.92 Å². The van der Waals surface area contributed by atoms with Gasteiger partial charge in [0.2, 0.25) is 0 Å². The van der Waals surface area contributed by atoms with Gasteiger partial charge in [-0.3, -0.25) is 0 Å². The van der Waals surface area contributed by atoms with Crippen LogP contribution in [0.2, 0.25) is 0 Å². The van der Waals surface area contributed by atoms with Crippen LogP contribution in [-0.2, 0) is 4.74 Å². The Balaban J connectivity index is 3.52. The molecule has 0 aromatic heterocycles. The van der Waals surface area contributed by atoms with Crippen LogP contribution in [0.3, 0.4) is 0 Å². The van der Waals surface area contributed by atoms with Crippen LogP contribution in [0.5, 0.6) is 0 Å². The predicted molar refractivity (Wildman–Crippen MR) is 32.6 cm³/mol. The Hall–Kier alpha value is -1.56. The van der Waals surface area contributed by atoms with Gasteiger partial charge in [-0.05, 0) is 5.92 Å². The lowest BCUT2D eigenvalue weighted by Gasteiger charge is -1.68. The number of aliphatic hydroxyl groups excluding tert-OH is 1. The van der Waals surface area contributed by atoms with E-state index in [9.17, 15) is 0 Å². The van der Waals surface area contributed by atoms with Crippen molar-refractivity contribution in [2.24, 2.45) is 0 Å². The fraction of sp³-hybridized carbons (Fsp3) is 0.143. The molecule has 0 aliphatic carbocycles. The molecule has 0 unspecified atom stereocenters. The first-order valence-electron chi connectivity index (χ1n) is 2.12. The molecule has 0 bridgehead atoms. The molecule has 0 fully saturated rings. The first-order valence-corrected chi connectivity index (χ1v) is 2.12. The highest BCUT2D eigenvalue weighted by molar-refractivity contribution is 5.24. The van der Waals surface area contributed by atoms with Gasteiger partial charge in [0.15, 0.2) is 0 Å². The average Bonchev–Trinajstić information content (AvgIpc) is 1.89. The van der Waals surface area contributed by atoms with Crippen molar-refractivity contribution in [3.63, 3.8) is 0 Å². The third-order valence-corrected chi connectivity index (χ3v) is 0.391. The predicted octanol–water partition coefficient (Wildman–Crippen LogP) is -0.450. The summed E-state index contributed by atoms with van der Waals surface area (Å²) in [5.74, 6) is 6.83. The summed E-state index contributed by atoms with van der Waals surface area (Å²) in [6.07, 6.45) is 8.61. The standard InChI is InChI=1S/C7H4O2/c1-2-9-7-5-3-4-6-8/h1,8H,6H2. The molecule has 0 heterocycles. The minimum absolute atomic E-state index is 0.204. The summed E-state index contributed by atoms with van der Waals surface area (Å²) in [5, 5.41) is 8.10. The van der Waals surface area contributed by atoms with Gasteiger partial charge in [-0.15, -0.1) is 0 Å². The molecular weight excluding hydrogens is 116 g/mol. The van der Waals surface area contributed by atoms with Gasteiger partial charge in [-0.25, -0.2) is 0 Å². The van der Waals surface area contributed by atoms with Crippen LogP contribution in [0.1, 0.15) is 0 Å². The van der Waals surface area contributed by atoms with E-state index in [-0.39, 0.29) is 6.61 Å².